The van der Waals surface area contributed by atoms with E-state index in [9.17, 15) is 19.2 Å². The van der Waals surface area contributed by atoms with Crippen LogP contribution in [0.4, 0.5) is 17.1 Å². The van der Waals surface area contributed by atoms with E-state index in [1.54, 1.807) is 24.3 Å². The van der Waals surface area contributed by atoms with E-state index in [0.717, 1.165) is 22.5 Å². The van der Waals surface area contributed by atoms with Gasteiger partial charge >= 0.3 is 0 Å². The normalized spacial score (nSPS) is 13.0. The topological polar surface area (TPSA) is 103 Å². The van der Waals surface area contributed by atoms with E-state index >= 15 is 0 Å². The molecule has 0 fully saturated rings. The SMILES string of the molecule is CC(C)c1ccc([C@@H](C(=O)Nc2ccc(N(C)C)cc2)N(Cc2nc(-c3ccccc3)cs2)C(=O)CN2C(=O)C(=O)c3ccccc32)cc1. The molecule has 1 N–H and O–H groups in total. The molecule has 5 aromatic rings. The Morgan fingerprint density at radius 1 is 0.837 bits per heavy atom. The lowest BCUT2D eigenvalue weighted by Gasteiger charge is -2.32. The number of carbonyl (C=O) groups excluding carboxylic acids is 4. The molecule has 0 radical (unpaired) electrons. The first-order valence-electron chi connectivity index (χ1n) is 16.0. The lowest BCUT2D eigenvalue weighted by Crippen LogP contribution is -2.46. The fraction of sp³-hybridized carbons (Fsp3) is 0.205. The Kier molecular flexibility index (Phi) is 9.68. The van der Waals surface area contributed by atoms with Gasteiger partial charge in [-0.15, -0.1) is 11.3 Å². The van der Waals surface area contributed by atoms with Crippen molar-refractivity contribution in [3.8, 4) is 11.3 Å². The number of benzene rings is 4. The molecule has 0 saturated carbocycles. The lowest BCUT2D eigenvalue weighted by molar-refractivity contribution is -0.139. The molecule has 0 unspecified atom stereocenters. The van der Waals surface area contributed by atoms with Gasteiger partial charge in [0.15, 0.2) is 0 Å². The quantitative estimate of drug-likeness (QED) is 0.153. The maximum Gasteiger partial charge on any atom is 0.299 e. The third kappa shape index (κ3) is 7.14. The van der Waals surface area contributed by atoms with Gasteiger partial charge in [0.25, 0.3) is 17.6 Å². The average molecular weight is 672 g/mol. The number of carbonyl (C=O) groups is 4. The van der Waals surface area contributed by atoms with E-state index in [1.165, 1.54) is 21.1 Å². The molecule has 248 valence electrons. The summed E-state index contributed by atoms with van der Waals surface area (Å²) in [4.78, 5) is 64.3. The van der Waals surface area contributed by atoms with Crippen LogP contribution in [0.15, 0.2) is 109 Å². The van der Waals surface area contributed by atoms with Crippen molar-refractivity contribution in [3.05, 3.63) is 130 Å². The van der Waals surface area contributed by atoms with Crippen LogP contribution in [-0.2, 0) is 20.9 Å². The highest BCUT2D eigenvalue weighted by molar-refractivity contribution is 7.09. The maximum absolute atomic E-state index is 14.5. The van der Waals surface area contributed by atoms with Gasteiger partial charge in [-0.25, -0.2) is 4.98 Å². The number of amides is 3. The van der Waals surface area contributed by atoms with Gasteiger partial charge in [0.05, 0.1) is 23.5 Å². The molecule has 1 aliphatic heterocycles. The van der Waals surface area contributed by atoms with E-state index in [-0.39, 0.29) is 18.0 Å². The van der Waals surface area contributed by atoms with Crippen molar-refractivity contribution in [2.75, 3.05) is 35.8 Å². The minimum atomic E-state index is -1.09. The summed E-state index contributed by atoms with van der Waals surface area (Å²) in [5.74, 6) is -2.11. The number of nitrogens with zero attached hydrogens (tertiary/aromatic N) is 4. The highest BCUT2D eigenvalue weighted by atomic mass is 32.1. The van der Waals surface area contributed by atoms with Gasteiger partial charge in [0.1, 0.15) is 17.6 Å². The van der Waals surface area contributed by atoms with E-state index < -0.39 is 36.1 Å². The molecule has 3 amide bonds. The summed E-state index contributed by atoms with van der Waals surface area (Å²) in [6.45, 7) is 3.75. The van der Waals surface area contributed by atoms with Crippen molar-refractivity contribution in [2.45, 2.75) is 32.4 Å². The Balaban J connectivity index is 1.40. The van der Waals surface area contributed by atoms with Crippen LogP contribution in [0.3, 0.4) is 0 Å². The van der Waals surface area contributed by atoms with Crippen LogP contribution < -0.4 is 15.1 Å². The number of Topliss-reactive ketones (excluding diaryl/α,β-unsaturated/α-hetero) is 1. The Labute approximate surface area is 289 Å². The molecule has 6 rings (SSSR count). The highest BCUT2D eigenvalue weighted by Gasteiger charge is 2.39. The fourth-order valence-corrected chi connectivity index (χ4v) is 6.62. The molecule has 0 spiro atoms. The van der Waals surface area contributed by atoms with Crippen LogP contribution >= 0.6 is 11.3 Å². The Morgan fingerprint density at radius 2 is 1.49 bits per heavy atom. The number of ketones is 1. The molecule has 4 aromatic carbocycles. The van der Waals surface area contributed by atoms with Crippen molar-refractivity contribution in [3.63, 3.8) is 0 Å². The molecule has 2 heterocycles. The highest BCUT2D eigenvalue weighted by Crippen LogP contribution is 2.32. The second-order valence-corrected chi connectivity index (χ2v) is 13.3. The third-order valence-electron chi connectivity index (χ3n) is 8.55. The first kappa shape index (κ1) is 33.3. The molecule has 10 heteroatoms. The Morgan fingerprint density at radius 3 is 2.16 bits per heavy atom. The van der Waals surface area contributed by atoms with E-state index in [2.05, 4.69) is 19.2 Å². The molecule has 9 nitrogen and oxygen atoms in total. The first-order valence-corrected chi connectivity index (χ1v) is 16.9. The predicted molar refractivity (Wildman–Crippen MR) is 194 cm³/mol. The van der Waals surface area contributed by atoms with E-state index in [1.807, 2.05) is 103 Å². The smallest absolute Gasteiger partial charge is 0.299 e. The molecule has 1 aliphatic rings. The average Bonchev–Trinajstić information content (AvgIpc) is 3.67. The van der Waals surface area contributed by atoms with Crippen molar-refractivity contribution < 1.29 is 19.2 Å². The lowest BCUT2D eigenvalue weighted by atomic mass is 9.97. The fourth-order valence-electron chi connectivity index (χ4n) is 5.82. The second-order valence-electron chi connectivity index (χ2n) is 12.4. The Bertz CT molecular complexity index is 1990. The number of fused-ring (bicyclic) bond motifs is 1. The minimum Gasteiger partial charge on any atom is -0.378 e. The summed E-state index contributed by atoms with van der Waals surface area (Å²) in [6.07, 6.45) is 0. The standard InChI is InChI=1S/C39H37N5O4S/c1-25(2)26-14-16-28(17-15-26)36(38(47)40-29-18-20-30(21-19-29)42(3)4)44(22-34-41-32(24-49-34)27-10-6-5-7-11-27)35(45)23-43-33-13-9-8-12-31(33)37(46)39(43)48/h5-21,24-25,36H,22-23H2,1-4H3,(H,40,47)/t36-/m0/s1. The second kappa shape index (κ2) is 14.2. The number of hydrogen-bond acceptors (Lipinski definition) is 7. The summed E-state index contributed by atoms with van der Waals surface area (Å²) >= 11 is 1.39. The number of nitrogens with one attached hydrogen (secondary N) is 1. The first-order chi connectivity index (χ1) is 23.6. The molecule has 0 saturated heterocycles. The van der Waals surface area contributed by atoms with E-state index in [4.69, 9.17) is 4.98 Å². The number of anilines is 3. The van der Waals surface area contributed by atoms with Gasteiger partial charge in [0, 0.05) is 36.4 Å². The van der Waals surface area contributed by atoms with Crippen molar-refractivity contribution in [1.82, 2.24) is 9.88 Å². The molecule has 1 aromatic heterocycles. The predicted octanol–water partition coefficient (Wildman–Crippen LogP) is 6.94. The van der Waals surface area contributed by atoms with Gasteiger partial charge in [0.2, 0.25) is 5.91 Å². The summed E-state index contributed by atoms with van der Waals surface area (Å²) < 4.78 is 0. The van der Waals surface area contributed by atoms with Crippen LogP contribution in [-0.4, -0.2) is 54.0 Å². The summed E-state index contributed by atoms with van der Waals surface area (Å²) in [7, 11) is 3.87. The van der Waals surface area contributed by atoms with Gasteiger partial charge in [-0.2, -0.15) is 0 Å². The zero-order valence-electron chi connectivity index (χ0n) is 27.8. The number of hydrogen-bond donors (Lipinski definition) is 1. The minimum absolute atomic E-state index is 0.00244. The molecule has 49 heavy (non-hydrogen) atoms. The zero-order chi connectivity index (χ0) is 34.7. The largest absolute Gasteiger partial charge is 0.378 e. The van der Waals surface area contributed by atoms with Crippen LogP contribution in [0.25, 0.3) is 11.3 Å². The number of thiazole rings is 1. The number of aromatic nitrogens is 1. The van der Waals surface area contributed by atoms with Crippen LogP contribution in [0.5, 0.6) is 0 Å². The maximum atomic E-state index is 14.5. The molecule has 1 atom stereocenters. The number of para-hydroxylation sites is 1. The molecular weight excluding hydrogens is 635 g/mol. The zero-order valence-corrected chi connectivity index (χ0v) is 28.6. The molecule has 0 bridgehead atoms. The summed E-state index contributed by atoms with van der Waals surface area (Å²) in [6, 6.07) is 30.4. The Hall–Kier alpha value is -5.61. The van der Waals surface area contributed by atoms with Gasteiger partial charge < -0.3 is 15.1 Å². The monoisotopic (exact) mass is 671 g/mol. The van der Waals surface area contributed by atoms with Crippen LogP contribution in [0.1, 0.15) is 52.3 Å². The van der Waals surface area contributed by atoms with Crippen molar-refractivity contribution >= 4 is 51.9 Å². The molecule has 0 aliphatic carbocycles. The number of rotatable bonds is 11. The molecular formula is C39H37N5O4S. The summed E-state index contributed by atoms with van der Waals surface area (Å²) in [5, 5.41) is 5.55. The van der Waals surface area contributed by atoms with Gasteiger partial charge in [-0.05, 0) is 53.4 Å². The van der Waals surface area contributed by atoms with Crippen LogP contribution in [0, 0.1) is 0 Å². The van der Waals surface area contributed by atoms with Gasteiger partial charge in [-0.3, -0.25) is 24.1 Å². The van der Waals surface area contributed by atoms with E-state index in [0.29, 0.717) is 21.9 Å². The van der Waals surface area contributed by atoms with Crippen molar-refractivity contribution in [2.24, 2.45) is 0 Å². The van der Waals surface area contributed by atoms with Gasteiger partial charge in [-0.1, -0.05) is 80.6 Å². The van der Waals surface area contributed by atoms with Crippen LogP contribution in [0.2, 0.25) is 0 Å². The summed E-state index contributed by atoms with van der Waals surface area (Å²) in [5.41, 5.74) is 5.54. The van der Waals surface area contributed by atoms with Crippen molar-refractivity contribution in [1.29, 1.82) is 0 Å². The third-order valence-corrected chi connectivity index (χ3v) is 9.38.